The lowest BCUT2D eigenvalue weighted by Gasteiger charge is -2.01. The van der Waals surface area contributed by atoms with E-state index < -0.39 is 0 Å². The van der Waals surface area contributed by atoms with Crippen molar-refractivity contribution in [3.8, 4) is 0 Å². The number of hydrogen-bond acceptors (Lipinski definition) is 3. The Balaban J connectivity index is 2.11. The number of imidazole rings is 1. The Labute approximate surface area is 108 Å². The van der Waals surface area contributed by atoms with Crippen molar-refractivity contribution in [1.29, 1.82) is 0 Å². The van der Waals surface area contributed by atoms with Gasteiger partial charge in [-0.1, -0.05) is 0 Å². The number of aromatic amines is 1. The number of H-pyrrole nitrogens is 1. The second-order valence-electron chi connectivity index (χ2n) is 3.92. The number of fused-ring (bicyclic) bond motifs is 1. The SMILES string of the molecule is Cc1ccc(Cn2c(=S)[nH]c3cnccc32)s1. The Hall–Kier alpha value is -1.46. The van der Waals surface area contributed by atoms with Crippen LogP contribution in [0.25, 0.3) is 11.0 Å². The Kier molecular flexibility index (Phi) is 2.57. The molecular formula is C12H11N3S2. The largest absolute Gasteiger partial charge is 0.329 e. The van der Waals surface area contributed by atoms with Crippen molar-refractivity contribution in [2.75, 3.05) is 0 Å². The fraction of sp³-hybridized carbons (Fsp3) is 0.167. The molecular weight excluding hydrogens is 250 g/mol. The smallest absolute Gasteiger partial charge is 0.178 e. The topological polar surface area (TPSA) is 33.6 Å². The van der Waals surface area contributed by atoms with Crippen LogP contribution in [0.4, 0.5) is 0 Å². The predicted molar refractivity (Wildman–Crippen MR) is 73.1 cm³/mol. The van der Waals surface area contributed by atoms with Gasteiger partial charge in [-0.05, 0) is 37.3 Å². The molecule has 0 unspecified atom stereocenters. The normalized spacial score (nSPS) is 11.1. The fourth-order valence-corrected chi connectivity index (χ4v) is 3.05. The van der Waals surface area contributed by atoms with Crippen LogP contribution in [0.5, 0.6) is 0 Å². The van der Waals surface area contributed by atoms with Gasteiger partial charge < -0.3 is 9.55 Å². The number of rotatable bonds is 2. The summed E-state index contributed by atoms with van der Waals surface area (Å²) in [7, 11) is 0. The molecule has 0 saturated carbocycles. The molecule has 0 radical (unpaired) electrons. The van der Waals surface area contributed by atoms with E-state index in [-0.39, 0.29) is 0 Å². The van der Waals surface area contributed by atoms with E-state index in [0.717, 1.165) is 22.3 Å². The summed E-state index contributed by atoms with van der Waals surface area (Å²) in [6, 6.07) is 6.28. The van der Waals surface area contributed by atoms with Crippen LogP contribution in [-0.2, 0) is 6.54 Å². The van der Waals surface area contributed by atoms with Crippen LogP contribution < -0.4 is 0 Å². The molecule has 0 aliphatic carbocycles. The monoisotopic (exact) mass is 261 g/mol. The van der Waals surface area contributed by atoms with Crippen molar-refractivity contribution in [3.05, 3.63) is 45.1 Å². The molecule has 17 heavy (non-hydrogen) atoms. The highest BCUT2D eigenvalue weighted by Crippen LogP contribution is 2.19. The van der Waals surface area contributed by atoms with Crippen LogP contribution in [0.1, 0.15) is 9.75 Å². The van der Waals surface area contributed by atoms with E-state index >= 15 is 0 Å². The van der Waals surface area contributed by atoms with Gasteiger partial charge in [0, 0.05) is 16.0 Å². The molecule has 3 aromatic rings. The molecule has 0 aliphatic rings. The van der Waals surface area contributed by atoms with E-state index in [9.17, 15) is 0 Å². The minimum Gasteiger partial charge on any atom is -0.329 e. The van der Waals surface area contributed by atoms with Crippen LogP contribution in [0.15, 0.2) is 30.6 Å². The lowest BCUT2D eigenvalue weighted by Crippen LogP contribution is -1.97. The van der Waals surface area contributed by atoms with E-state index in [1.165, 1.54) is 9.75 Å². The number of nitrogens with one attached hydrogen (secondary N) is 1. The molecule has 0 aliphatic heterocycles. The number of nitrogens with zero attached hydrogens (tertiary/aromatic N) is 2. The molecule has 0 amide bonds. The summed E-state index contributed by atoms with van der Waals surface area (Å²) in [5.41, 5.74) is 2.10. The molecule has 0 fully saturated rings. The second kappa shape index (κ2) is 4.09. The maximum Gasteiger partial charge on any atom is 0.178 e. The second-order valence-corrected chi connectivity index (χ2v) is 5.68. The Morgan fingerprint density at radius 3 is 3.06 bits per heavy atom. The minimum absolute atomic E-state index is 0.749. The first-order valence-corrected chi connectivity index (χ1v) is 6.54. The number of pyridine rings is 1. The first-order valence-electron chi connectivity index (χ1n) is 5.32. The summed E-state index contributed by atoms with van der Waals surface area (Å²) in [4.78, 5) is 9.91. The van der Waals surface area contributed by atoms with Crippen molar-refractivity contribution >= 4 is 34.6 Å². The first kappa shape index (κ1) is 10.7. The van der Waals surface area contributed by atoms with Gasteiger partial charge in [0.05, 0.1) is 23.8 Å². The van der Waals surface area contributed by atoms with Gasteiger partial charge in [0.25, 0.3) is 0 Å². The van der Waals surface area contributed by atoms with Gasteiger partial charge in [0.1, 0.15) is 0 Å². The lowest BCUT2D eigenvalue weighted by molar-refractivity contribution is 0.823. The molecule has 3 rings (SSSR count). The van der Waals surface area contributed by atoms with Crippen LogP contribution >= 0.6 is 23.6 Å². The molecule has 0 aromatic carbocycles. The zero-order valence-corrected chi connectivity index (χ0v) is 10.9. The Bertz CT molecular complexity index is 721. The average molecular weight is 261 g/mol. The summed E-state index contributed by atoms with van der Waals surface area (Å²) in [5, 5.41) is 0. The molecule has 0 spiro atoms. The zero-order valence-electron chi connectivity index (χ0n) is 9.30. The molecule has 3 nitrogen and oxygen atoms in total. The molecule has 0 saturated heterocycles. The zero-order chi connectivity index (χ0) is 11.8. The molecule has 0 atom stereocenters. The summed E-state index contributed by atoms with van der Waals surface area (Å²) >= 11 is 7.15. The average Bonchev–Trinajstić information content (AvgIpc) is 2.85. The van der Waals surface area contributed by atoms with Crippen molar-refractivity contribution < 1.29 is 0 Å². The van der Waals surface area contributed by atoms with E-state index in [0.29, 0.717) is 0 Å². The van der Waals surface area contributed by atoms with Gasteiger partial charge in [-0.3, -0.25) is 4.98 Å². The van der Waals surface area contributed by atoms with Crippen LogP contribution in [-0.4, -0.2) is 14.5 Å². The van der Waals surface area contributed by atoms with Gasteiger partial charge in [0.15, 0.2) is 4.77 Å². The van der Waals surface area contributed by atoms with Crippen molar-refractivity contribution in [3.63, 3.8) is 0 Å². The number of thiophene rings is 1. The maximum atomic E-state index is 5.34. The summed E-state index contributed by atoms with van der Waals surface area (Å²) in [6.07, 6.45) is 3.60. The summed E-state index contributed by atoms with van der Waals surface area (Å²) in [6.45, 7) is 2.94. The Morgan fingerprint density at radius 1 is 1.41 bits per heavy atom. The lowest BCUT2D eigenvalue weighted by atomic mass is 10.4. The number of aryl methyl sites for hydroxylation is 1. The highest BCUT2D eigenvalue weighted by atomic mass is 32.1. The van der Waals surface area contributed by atoms with Gasteiger partial charge >= 0.3 is 0 Å². The maximum absolute atomic E-state index is 5.34. The molecule has 3 aromatic heterocycles. The molecule has 5 heteroatoms. The van der Waals surface area contributed by atoms with Crippen molar-refractivity contribution in [2.24, 2.45) is 0 Å². The van der Waals surface area contributed by atoms with Crippen LogP contribution in [0.3, 0.4) is 0 Å². The minimum atomic E-state index is 0.749. The van der Waals surface area contributed by atoms with E-state index in [2.05, 4.69) is 33.6 Å². The summed E-state index contributed by atoms with van der Waals surface area (Å²) < 4.78 is 2.86. The van der Waals surface area contributed by atoms with Crippen LogP contribution in [0, 0.1) is 11.7 Å². The highest BCUT2D eigenvalue weighted by molar-refractivity contribution is 7.71. The molecule has 86 valence electrons. The number of aromatic nitrogens is 3. The standard InChI is InChI=1S/C12H11N3S2/c1-8-2-3-9(17-8)7-15-11-4-5-13-6-10(11)14-12(15)16/h2-6H,7H2,1H3,(H,14,16). The third-order valence-electron chi connectivity index (χ3n) is 2.69. The van der Waals surface area contributed by atoms with E-state index in [1.807, 2.05) is 6.07 Å². The van der Waals surface area contributed by atoms with Gasteiger partial charge in [0.2, 0.25) is 0 Å². The third kappa shape index (κ3) is 1.92. The Morgan fingerprint density at radius 2 is 2.29 bits per heavy atom. The van der Waals surface area contributed by atoms with Crippen LogP contribution in [0.2, 0.25) is 0 Å². The molecule has 1 N–H and O–H groups in total. The quantitative estimate of drug-likeness (QED) is 0.716. The van der Waals surface area contributed by atoms with Gasteiger partial charge in [-0.2, -0.15) is 0 Å². The number of hydrogen-bond donors (Lipinski definition) is 1. The fourth-order valence-electron chi connectivity index (χ4n) is 1.89. The molecule has 3 heterocycles. The predicted octanol–water partition coefficient (Wildman–Crippen LogP) is 3.51. The third-order valence-corrected chi connectivity index (χ3v) is 3.99. The first-order chi connectivity index (χ1) is 8.24. The van der Waals surface area contributed by atoms with E-state index in [1.54, 1.807) is 23.7 Å². The van der Waals surface area contributed by atoms with Crippen molar-refractivity contribution in [2.45, 2.75) is 13.5 Å². The van der Waals surface area contributed by atoms with Gasteiger partial charge in [-0.25, -0.2) is 0 Å². The van der Waals surface area contributed by atoms with Crippen molar-refractivity contribution in [1.82, 2.24) is 14.5 Å². The van der Waals surface area contributed by atoms with E-state index in [4.69, 9.17) is 12.2 Å². The molecule has 0 bridgehead atoms. The highest BCUT2D eigenvalue weighted by Gasteiger charge is 2.05. The summed E-state index contributed by atoms with van der Waals surface area (Å²) in [5.74, 6) is 0. The van der Waals surface area contributed by atoms with Gasteiger partial charge in [-0.15, -0.1) is 11.3 Å².